The summed E-state index contributed by atoms with van der Waals surface area (Å²) >= 11 is 0. The SMILES string of the molecule is CC(=O)C(c1ccc(S(=O)(=O)Cl)cc1)C1CCNCC1. The van der Waals surface area contributed by atoms with Gasteiger partial charge in [0.2, 0.25) is 0 Å². The Balaban J connectivity index is 2.28. The molecule has 2 rings (SSSR count). The number of benzene rings is 1. The zero-order valence-corrected chi connectivity index (χ0v) is 12.9. The van der Waals surface area contributed by atoms with Crippen molar-refractivity contribution in [3.05, 3.63) is 29.8 Å². The Morgan fingerprint density at radius 2 is 1.80 bits per heavy atom. The second-order valence-electron chi connectivity index (χ2n) is 5.18. The number of Topliss-reactive ketones (excluding diaryl/α,β-unsaturated/α-hetero) is 1. The van der Waals surface area contributed by atoms with Gasteiger partial charge < -0.3 is 5.32 Å². The number of ketones is 1. The van der Waals surface area contributed by atoms with Gasteiger partial charge in [0.1, 0.15) is 5.78 Å². The number of rotatable bonds is 4. The molecule has 1 aromatic carbocycles. The molecule has 0 aromatic heterocycles. The molecule has 1 aromatic rings. The summed E-state index contributed by atoms with van der Waals surface area (Å²) in [6.45, 7) is 3.43. The van der Waals surface area contributed by atoms with Gasteiger partial charge in [-0.1, -0.05) is 12.1 Å². The molecule has 0 bridgehead atoms. The minimum Gasteiger partial charge on any atom is -0.317 e. The lowest BCUT2D eigenvalue weighted by molar-refractivity contribution is -0.119. The highest BCUT2D eigenvalue weighted by molar-refractivity contribution is 8.13. The van der Waals surface area contributed by atoms with Crippen LogP contribution in [0, 0.1) is 5.92 Å². The van der Waals surface area contributed by atoms with Crippen LogP contribution in [0.15, 0.2) is 29.2 Å². The number of halogens is 1. The molecule has 0 radical (unpaired) electrons. The van der Waals surface area contributed by atoms with Gasteiger partial charge in [-0.2, -0.15) is 0 Å². The van der Waals surface area contributed by atoms with Gasteiger partial charge in [0, 0.05) is 16.6 Å². The maximum atomic E-state index is 12.0. The molecule has 0 saturated carbocycles. The van der Waals surface area contributed by atoms with Crippen molar-refractivity contribution < 1.29 is 13.2 Å². The van der Waals surface area contributed by atoms with Crippen LogP contribution in [0.1, 0.15) is 31.2 Å². The van der Waals surface area contributed by atoms with E-state index in [1.165, 1.54) is 12.1 Å². The topological polar surface area (TPSA) is 63.2 Å². The Kier molecular flexibility index (Phi) is 4.83. The summed E-state index contributed by atoms with van der Waals surface area (Å²) in [6, 6.07) is 6.33. The molecular formula is C14H18ClNO3S. The van der Waals surface area contributed by atoms with Gasteiger partial charge in [-0.3, -0.25) is 4.79 Å². The molecule has 1 aliphatic heterocycles. The number of hydrogen-bond acceptors (Lipinski definition) is 4. The van der Waals surface area contributed by atoms with Crippen molar-refractivity contribution in [2.45, 2.75) is 30.6 Å². The van der Waals surface area contributed by atoms with Crippen LogP contribution in [-0.4, -0.2) is 27.3 Å². The zero-order valence-electron chi connectivity index (χ0n) is 11.3. The maximum absolute atomic E-state index is 12.0. The molecule has 4 nitrogen and oxygen atoms in total. The molecule has 6 heteroatoms. The molecule has 0 amide bonds. The van der Waals surface area contributed by atoms with E-state index in [2.05, 4.69) is 5.32 Å². The van der Waals surface area contributed by atoms with E-state index in [1.807, 2.05) is 0 Å². The smallest absolute Gasteiger partial charge is 0.261 e. The number of carbonyl (C=O) groups excluding carboxylic acids is 1. The number of piperidine rings is 1. The van der Waals surface area contributed by atoms with Crippen LogP contribution in [-0.2, 0) is 13.8 Å². The Labute approximate surface area is 123 Å². The van der Waals surface area contributed by atoms with E-state index in [9.17, 15) is 13.2 Å². The molecule has 1 fully saturated rings. The monoisotopic (exact) mass is 315 g/mol. The van der Waals surface area contributed by atoms with Crippen molar-refractivity contribution >= 4 is 25.5 Å². The summed E-state index contributed by atoms with van der Waals surface area (Å²) in [5.41, 5.74) is 0.869. The minimum absolute atomic E-state index is 0.0653. The van der Waals surface area contributed by atoms with E-state index in [1.54, 1.807) is 19.1 Å². The van der Waals surface area contributed by atoms with Gasteiger partial charge in [-0.15, -0.1) is 0 Å². The normalized spacial score (nSPS) is 18.7. The van der Waals surface area contributed by atoms with E-state index in [0.29, 0.717) is 5.92 Å². The summed E-state index contributed by atoms with van der Waals surface area (Å²) in [5.74, 6) is 0.273. The molecule has 1 saturated heterocycles. The fraction of sp³-hybridized carbons (Fsp3) is 0.500. The van der Waals surface area contributed by atoms with Gasteiger partial charge in [0.05, 0.1) is 4.90 Å². The lowest BCUT2D eigenvalue weighted by Crippen LogP contribution is -2.33. The maximum Gasteiger partial charge on any atom is 0.261 e. The predicted molar refractivity (Wildman–Crippen MR) is 78.5 cm³/mol. The quantitative estimate of drug-likeness (QED) is 0.866. The molecule has 20 heavy (non-hydrogen) atoms. The van der Waals surface area contributed by atoms with Gasteiger partial charge >= 0.3 is 0 Å². The van der Waals surface area contributed by atoms with Crippen LogP contribution in [0.3, 0.4) is 0 Å². The second-order valence-corrected chi connectivity index (χ2v) is 7.75. The third-order valence-corrected chi connectivity index (χ3v) is 5.18. The Morgan fingerprint density at radius 1 is 1.25 bits per heavy atom. The minimum atomic E-state index is -3.71. The Hall–Kier alpha value is -0.910. The standard InChI is InChI=1S/C14H18ClNO3S/c1-10(17)14(12-6-8-16-9-7-12)11-2-4-13(5-3-11)20(15,18)19/h2-5,12,14,16H,6-9H2,1H3. The van der Waals surface area contributed by atoms with E-state index in [0.717, 1.165) is 31.5 Å². The third kappa shape index (κ3) is 3.59. The fourth-order valence-corrected chi connectivity index (χ4v) is 3.62. The summed E-state index contributed by atoms with van der Waals surface area (Å²) < 4.78 is 22.5. The highest BCUT2D eigenvalue weighted by Crippen LogP contribution is 2.32. The average molecular weight is 316 g/mol. The van der Waals surface area contributed by atoms with Crippen LogP contribution in [0.4, 0.5) is 0 Å². The van der Waals surface area contributed by atoms with Crippen LogP contribution < -0.4 is 5.32 Å². The molecule has 0 spiro atoms. The fourth-order valence-electron chi connectivity index (χ4n) is 2.85. The number of carbonyl (C=O) groups is 1. The van der Waals surface area contributed by atoms with Crippen LogP contribution >= 0.6 is 10.7 Å². The molecule has 1 unspecified atom stereocenters. The largest absolute Gasteiger partial charge is 0.317 e. The molecule has 110 valence electrons. The molecule has 0 aliphatic carbocycles. The Morgan fingerprint density at radius 3 is 2.25 bits per heavy atom. The van der Waals surface area contributed by atoms with E-state index >= 15 is 0 Å². The van der Waals surface area contributed by atoms with Crippen LogP contribution in [0.5, 0.6) is 0 Å². The van der Waals surface area contributed by atoms with Crippen LogP contribution in [0.25, 0.3) is 0 Å². The summed E-state index contributed by atoms with van der Waals surface area (Å²) in [5, 5.41) is 3.28. The van der Waals surface area contributed by atoms with Crippen molar-refractivity contribution in [2.24, 2.45) is 5.92 Å². The first-order valence-corrected chi connectivity index (χ1v) is 8.96. The lowest BCUT2D eigenvalue weighted by Gasteiger charge is -2.29. The van der Waals surface area contributed by atoms with Crippen molar-refractivity contribution in [1.29, 1.82) is 0 Å². The molecular weight excluding hydrogens is 298 g/mol. The number of hydrogen-bond donors (Lipinski definition) is 1. The predicted octanol–water partition coefficient (Wildman–Crippen LogP) is 2.29. The summed E-state index contributed by atoms with van der Waals surface area (Å²) in [7, 11) is 1.59. The van der Waals surface area contributed by atoms with Gasteiger partial charge in [0.25, 0.3) is 9.05 Å². The van der Waals surface area contributed by atoms with E-state index in [-0.39, 0.29) is 16.6 Å². The van der Waals surface area contributed by atoms with E-state index in [4.69, 9.17) is 10.7 Å². The third-order valence-electron chi connectivity index (χ3n) is 3.81. The van der Waals surface area contributed by atoms with Crippen molar-refractivity contribution in [1.82, 2.24) is 5.32 Å². The van der Waals surface area contributed by atoms with E-state index < -0.39 is 9.05 Å². The highest BCUT2D eigenvalue weighted by Gasteiger charge is 2.28. The Bertz CT molecular complexity index is 577. The first-order valence-electron chi connectivity index (χ1n) is 6.65. The first kappa shape index (κ1) is 15.5. The van der Waals surface area contributed by atoms with Gasteiger partial charge in [-0.25, -0.2) is 8.42 Å². The average Bonchev–Trinajstić information content (AvgIpc) is 2.39. The van der Waals surface area contributed by atoms with Crippen molar-refractivity contribution in [3.63, 3.8) is 0 Å². The second kappa shape index (κ2) is 6.24. The lowest BCUT2D eigenvalue weighted by atomic mass is 9.78. The van der Waals surface area contributed by atoms with Crippen molar-refractivity contribution in [2.75, 3.05) is 13.1 Å². The molecule has 1 N–H and O–H groups in total. The summed E-state index contributed by atoms with van der Waals surface area (Å²) in [6.07, 6.45) is 1.92. The van der Waals surface area contributed by atoms with Gasteiger partial charge in [-0.05, 0) is 56.5 Å². The molecule has 1 heterocycles. The van der Waals surface area contributed by atoms with Crippen molar-refractivity contribution in [3.8, 4) is 0 Å². The molecule has 1 atom stereocenters. The molecule has 1 aliphatic rings. The first-order chi connectivity index (χ1) is 9.39. The highest BCUT2D eigenvalue weighted by atomic mass is 35.7. The van der Waals surface area contributed by atoms with Crippen LogP contribution in [0.2, 0.25) is 0 Å². The zero-order chi connectivity index (χ0) is 14.8. The van der Waals surface area contributed by atoms with Gasteiger partial charge in [0.15, 0.2) is 0 Å². The summed E-state index contributed by atoms with van der Waals surface area (Å²) in [4.78, 5) is 12.0. The number of nitrogens with one attached hydrogen (secondary N) is 1.